The molecule has 28 heavy (non-hydrogen) atoms. The highest BCUT2D eigenvalue weighted by molar-refractivity contribution is 7.89. The second-order valence-corrected chi connectivity index (χ2v) is 8.53. The number of amides is 1. The molecule has 2 rings (SSSR count). The number of carbonyl (C=O) groups is 1. The number of hydrogen-bond acceptors (Lipinski definition) is 3. The van der Waals surface area contributed by atoms with E-state index in [0.29, 0.717) is 25.2 Å². The molecular weight excluding hydrogens is 403 g/mol. The van der Waals surface area contributed by atoms with Crippen LogP contribution in [-0.4, -0.2) is 43.2 Å². The lowest BCUT2D eigenvalue weighted by Crippen LogP contribution is -2.32. The van der Waals surface area contributed by atoms with E-state index in [-0.39, 0.29) is 27.8 Å². The molecule has 0 aromatic heterocycles. The monoisotopic (exact) mass is 426 g/mol. The van der Waals surface area contributed by atoms with Gasteiger partial charge in [0, 0.05) is 26.2 Å². The fourth-order valence-electron chi connectivity index (χ4n) is 2.89. The number of halogens is 2. The fraction of sp³-hybridized carbons (Fsp3) is 0.350. The van der Waals surface area contributed by atoms with Crippen LogP contribution < -0.4 is 0 Å². The number of sulfonamides is 1. The van der Waals surface area contributed by atoms with Crippen molar-refractivity contribution in [2.24, 2.45) is 0 Å². The molecule has 0 atom stereocenters. The minimum absolute atomic E-state index is 0.0192. The first kappa shape index (κ1) is 22.3. The maximum Gasteiger partial charge on any atom is 0.255 e. The average Bonchev–Trinajstić information content (AvgIpc) is 2.66. The number of benzene rings is 2. The summed E-state index contributed by atoms with van der Waals surface area (Å²) in [4.78, 5) is 14.5. The van der Waals surface area contributed by atoms with Crippen LogP contribution >= 0.6 is 11.6 Å². The predicted molar refractivity (Wildman–Crippen MR) is 108 cm³/mol. The van der Waals surface area contributed by atoms with Crippen LogP contribution in [0.1, 0.15) is 36.7 Å². The molecule has 0 fully saturated rings. The summed E-state index contributed by atoms with van der Waals surface area (Å²) in [5.41, 5.74) is 0.742. The van der Waals surface area contributed by atoms with Gasteiger partial charge in [0.25, 0.3) is 5.91 Å². The second-order valence-electron chi connectivity index (χ2n) is 6.18. The van der Waals surface area contributed by atoms with Crippen molar-refractivity contribution < 1.29 is 17.6 Å². The third-order valence-corrected chi connectivity index (χ3v) is 6.82. The van der Waals surface area contributed by atoms with Gasteiger partial charge in [-0.3, -0.25) is 4.79 Å². The van der Waals surface area contributed by atoms with Crippen molar-refractivity contribution in [1.29, 1.82) is 0 Å². The molecule has 0 spiro atoms. The Hall–Kier alpha value is -1.96. The molecule has 0 saturated heterocycles. The van der Waals surface area contributed by atoms with Gasteiger partial charge < -0.3 is 4.90 Å². The molecule has 8 heteroatoms. The third kappa shape index (κ3) is 4.90. The second kappa shape index (κ2) is 9.49. The molecule has 5 nitrogen and oxygen atoms in total. The van der Waals surface area contributed by atoms with Crippen LogP contribution in [0.4, 0.5) is 4.39 Å². The van der Waals surface area contributed by atoms with Crippen LogP contribution in [0, 0.1) is 5.82 Å². The van der Waals surface area contributed by atoms with Crippen molar-refractivity contribution in [3.8, 4) is 0 Å². The molecule has 2 aromatic rings. The lowest BCUT2D eigenvalue weighted by atomic mass is 10.1. The van der Waals surface area contributed by atoms with Crippen molar-refractivity contribution in [2.75, 3.05) is 19.6 Å². The standard InChI is InChI=1S/C20H24ClFN2O3S/c1-4-23(14-15-8-7-9-16(22)12-15)20(25)18-13-17(10-11-19(18)21)28(26,27)24(5-2)6-3/h7-13H,4-6,14H2,1-3H3. The van der Waals surface area contributed by atoms with Crippen molar-refractivity contribution in [1.82, 2.24) is 9.21 Å². The highest BCUT2D eigenvalue weighted by Crippen LogP contribution is 2.25. The van der Waals surface area contributed by atoms with E-state index >= 15 is 0 Å². The minimum Gasteiger partial charge on any atom is -0.335 e. The number of rotatable bonds is 8. The molecule has 0 aliphatic carbocycles. The molecule has 0 aliphatic rings. The first-order valence-corrected chi connectivity index (χ1v) is 10.9. The Morgan fingerprint density at radius 1 is 1.04 bits per heavy atom. The van der Waals surface area contributed by atoms with Gasteiger partial charge in [0.15, 0.2) is 0 Å². The predicted octanol–water partition coefficient (Wildman–Crippen LogP) is 4.17. The molecule has 0 heterocycles. The van der Waals surface area contributed by atoms with Crippen molar-refractivity contribution >= 4 is 27.5 Å². The van der Waals surface area contributed by atoms with E-state index in [1.54, 1.807) is 32.9 Å². The summed E-state index contributed by atoms with van der Waals surface area (Å²) < 4.78 is 40.3. The maximum atomic E-state index is 13.4. The van der Waals surface area contributed by atoms with E-state index in [1.807, 2.05) is 0 Å². The topological polar surface area (TPSA) is 57.7 Å². The van der Waals surface area contributed by atoms with Gasteiger partial charge in [0.05, 0.1) is 15.5 Å². The Balaban J connectivity index is 2.38. The highest BCUT2D eigenvalue weighted by atomic mass is 35.5. The number of hydrogen-bond donors (Lipinski definition) is 0. The molecule has 0 saturated carbocycles. The van der Waals surface area contributed by atoms with Crippen LogP contribution in [0.5, 0.6) is 0 Å². The van der Waals surface area contributed by atoms with Gasteiger partial charge in [-0.25, -0.2) is 12.8 Å². The Bertz CT molecular complexity index is 946. The van der Waals surface area contributed by atoms with Crippen LogP contribution in [-0.2, 0) is 16.6 Å². The third-order valence-electron chi connectivity index (χ3n) is 4.44. The lowest BCUT2D eigenvalue weighted by Gasteiger charge is -2.23. The van der Waals surface area contributed by atoms with Gasteiger partial charge in [-0.15, -0.1) is 0 Å². The molecule has 152 valence electrons. The van der Waals surface area contributed by atoms with Gasteiger partial charge >= 0.3 is 0 Å². The lowest BCUT2D eigenvalue weighted by molar-refractivity contribution is 0.0752. The van der Waals surface area contributed by atoms with E-state index in [2.05, 4.69) is 0 Å². The largest absolute Gasteiger partial charge is 0.335 e. The molecule has 0 bridgehead atoms. The van der Waals surface area contributed by atoms with Gasteiger partial charge in [-0.1, -0.05) is 37.6 Å². The first-order chi connectivity index (χ1) is 13.2. The summed E-state index contributed by atoms with van der Waals surface area (Å²) in [5, 5.41) is 0.168. The average molecular weight is 427 g/mol. The Morgan fingerprint density at radius 2 is 1.71 bits per heavy atom. The van der Waals surface area contributed by atoms with Crippen LogP contribution in [0.25, 0.3) is 0 Å². The van der Waals surface area contributed by atoms with Crippen LogP contribution in [0.15, 0.2) is 47.4 Å². The molecule has 0 N–H and O–H groups in total. The van der Waals surface area contributed by atoms with Crippen molar-refractivity contribution in [2.45, 2.75) is 32.2 Å². The smallest absolute Gasteiger partial charge is 0.255 e. The SMILES string of the molecule is CCN(Cc1cccc(F)c1)C(=O)c1cc(S(=O)(=O)N(CC)CC)ccc1Cl. The van der Waals surface area contributed by atoms with Crippen molar-refractivity contribution in [3.05, 3.63) is 64.4 Å². The summed E-state index contributed by atoms with van der Waals surface area (Å²) in [5.74, 6) is -0.792. The molecule has 1 amide bonds. The highest BCUT2D eigenvalue weighted by Gasteiger charge is 2.25. The summed E-state index contributed by atoms with van der Waals surface area (Å²) in [6, 6.07) is 10.1. The van der Waals surface area contributed by atoms with E-state index in [9.17, 15) is 17.6 Å². The Morgan fingerprint density at radius 3 is 2.29 bits per heavy atom. The zero-order valence-electron chi connectivity index (χ0n) is 16.2. The summed E-state index contributed by atoms with van der Waals surface area (Å²) in [7, 11) is -3.72. The quantitative estimate of drug-likeness (QED) is 0.636. The first-order valence-electron chi connectivity index (χ1n) is 9.07. The normalized spacial score (nSPS) is 11.6. The van der Waals surface area contributed by atoms with Gasteiger partial charge in [0.2, 0.25) is 10.0 Å². The van der Waals surface area contributed by atoms with Gasteiger partial charge in [-0.2, -0.15) is 4.31 Å². The zero-order chi connectivity index (χ0) is 20.9. The zero-order valence-corrected chi connectivity index (χ0v) is 17.7. The van der Waals surface area contributed by atoms with Gasteiger partial charge in [-0.05, 0) is 42.8 Å². The van der Waals surface area contributed by atoms with E-state index in [4.69, 9.17) is 11.6 Å². The van der Waals surface area contributed by atoms with Crippen LogP contribution in [0.2, 0.25) is 5.02 Å². The molecule has 2 aromatic carbocycles. The summed E-state index contributed by atoms with van der Waals surface area (Å²) >= 11 is 6.20. The Kier molecular flexibility index (Phi) is 7.57. The molecule has 0 aliphatic heterocycles. The van der Waals surface area contributed by atoms with Crippen LogP contribution in [0.3, 0.4) is 0 Å². The summed E-state index contributed by atoms with van der Waals surface area (Å²) in [6.07, 6.45) is 0. The number of nitrogens with zero attached hydrogens (tertiary/aromatic N) is 2. The molecule has 0 unspecified atom stereocenters. The molecule has 0 radical (unpaired) electrons. The Labute approximate surface area is 170 Å². The molecular formula is C20H24ClFN2O3S. The van der Waals surface area contributed by atoms with E-state index in [1.165, 1.54) is 39.5 Å². The minimum atomic E-state index is -3.72. The maximum absolute atomic E-state index is 13.4. The fourth-order valence-corrected chi connectivity index (χ4v) is 4.58. The number of carbonyl (C=O) groups excluding carboxylic acids is 1. The van der Waals surface area contributed by atoms with Crippen molar-refractivity contribution in [3.63, 3.8) is 0 Å². The van der Waals surface area contributed by atoms with E-state index in [0.717, 1.165) is 0 Å². The summed E-state index contributed by atoms with van der Waals surface area (Å²) in [6.45, 7) is 6.50. The van der Waals surface area contributed by atoms with Gasteiger partial charge in [0.1, 0.15) is 5.82 Å². The van der Waals surface area contributed by atoms with E-state index < -0.39 is 15.9 Å².